The Hall–Kier alpha value is -1.03. The van der Waals surface area contributed by atoms with Crippen molar-refractivity contribution in [2.45, 2.75) is 39.4 Å². The van der Waals surface area contributed by atoms with Crippen molar-refractivity contribution in [2.24, 2.45) is 0 Å². The molecule has 1 nitrogen and oxygen atoms in total. The monoisotopic (exact) mass is 329 g/mol. The van der Waals surface area contributed by atoms with Gasteiger partial charge in [-0.2, -0.15) is 11.5 Å². The van der Waals surface area contributed by atoms with Crippen LogP contribution in [-0.4, -0.2) is 24.5 Å². The molecule has 0 aliphatic heterocycles. The molecule has 2 rings (SSSR count). The highest BCUT2D eigenvalue weighted by Gasteiger charge is 2.44. The summed E-state index contributed by atoms with van der Waals surface area (Å²) < 4.78 is 2.52. The zero-order valence-electron chi connectivity index (χ0n) is 14.2. The Bertz CT molecular complexity index is 595. The lowest BCUT2D eigenvalue weighted by Crippen LogP contribution is -2.70. The van der Waals surface area contributed by atoms with Crippen LogP contribution in [0.5, 0.6) is 0 Å². The van der Waals surface area contributed by atoms with Crippen LogP contribution in [0.1, 0.15) is 20.8 Å². The Morgan fingerprint density at radius 1 is 0.864 bits per heavy atom. The lowest BCUT2D eigenvalue weighted by atomic mass is 9.78. The van der Waals surface area contributed by atoms with E-state index < -0.39 is 8.24 Å². The minimum Gasteiger partial charge on any atom is -0.339 e. The van der Waals surface area contributed by atoms with E-state index >= 15 is 0 Å². The van der Waals surface area contributed by atoms with E-state index in [2.05, 4.69) is 92.9 Å². The molecular weight excluding hydrogens is 305 g/mol. The number of hydrogen-bond donors (Lipinski definition) is 0. The van der Waals surface area contributed by atoms with Gasteiger partial charge >= 0.3 is 6.26 Å². The van der Waals surface area contributed by atoms with Crippen molar-refractivity contribution in [1.82, 2.24) is 4.48 Å². The third-order valence-corrected chi connectivity index (χ3v) is 8.60. The summed E-state index contributed by atoms with van der Waals surface area (Å²) in [5.41, 5.74) is 1.16. The minimum atomic E-state index is -1.89. The van der Waals surface area contributed by atoms with E-state index in [0.29, 0.717) is 0 Å². The standard InChI is InChI=1S/C18H25BClNSi/c1-18(2,3)21(19(20)16-12-8-6-9-13-16)22(4,5)17-14-10-7-11-15-17/h6-15H,1-5H3. The molecular formula is C18H25BClNSi. The molecule has 2 aromatic rings. The second-order valence-corrected chi connectivity index (χ2v) is 11.8. The molecule has 0 aliphatic rings. The summed E-state index contributed by atoms with van der Waals surface area (Å²) in [7, 11) is -1.89. The fourth-order valence-electron chi connectivity index (χ4n) is 3.21. The van der Waals surface area contributed by atoms with E-state index in [0.717, 1.165) is 5.46 Å². The average molecular weight is 330 g/mol. The van der Waals surface area contributed by atoms with Gasteiger partial charge in [0, 0.05) is 0 Å². The summed E-state index contributed by atoms with van der Waals surface area (Å²) in [6.45, 7) is 11.5. The topological polar surface area (TPSA) is 3.24 Å². The van der Waals surface area contributed by atoms with Crippen molar-refractivity contribution in [2.75, 3.05) is 0 Å². The van der Waals surface area contributed by atoms with E-state index in [1.54, 1.807) is 0 Å². The molecule has 0 fully saturated rings. The zero-order chi connectivity index (χ0) is 16.4. The van der Waals surface area contributed by atoms with E-state index in [4.69, 9.17) is 11.5 Å². The van der Waals surface area contributed by atoms with Gasteiger partial charge in [-0.25, -0.2) is 0 Å². The molecule has 0 bridgehead atoms. The molecule has 22 heavy (non-hydrogen) atoms. The van der Waals surface area contributed by atoms with Gasteiger partial charge in [0.1, 0.15) is 8.24 Å². The van der Waals surface area contributed by atoms with Gasteiger partial charge in [0.25, 0.3) is 0 Å². The van der Waals surface area contributed by atoms with Gasteiger partial charge in [-0.1, -0.05) is 73.8 Å². The lowest BCUT2D eigenvalue weighted by Gasteiger charge is -2.48. The van der Waals surface area contributed by atoms with Crippen LogP contribution in [0, 0.1) is 0 Å². The SMILES string of the molecule is CC(C)(C)N(B(Cl)c1ccccc1)[Si](C)(C)c1ccccc1. The van der Waals surface area contributed by atoms with E-state index in [1.807, 2.05) is 6.07 Å². The Balaban J connectivity index is 2.47. The molecule has 0 aliphatic carbocycles. The highest BCUT2D eigenvalue weighted by molar-refractivity contribution is 7.17. The highest BCUT2D eigenvalue weighted by atomic mass is 35.5. The molecule has 0 radical (unpaired) electrons. The first-order valence-electron chi connectivity index (χ1n) is 7.78. The summed E-state index contributed by atoms with van der Waals surface area (Å²) in [5, 5.41) is 1.41. The molecule has 0 unspecified atom stereocenters. The summed E-state index contributed by atoms with van der Waals surface area (Å²) in [5.74, 6) is 0. The molecule has 0 spiro atoms. The maximum Gasteiger partial charge on any atom is 0.358 e. The lowest BCUT2D eigenvalue weighted by molar-refractivity contribution is 0.365. The van der Waals surface area contributed by atoms with Crippen molar-refractivity contribution in [3.63, 3.8) is 0 Å². The predicted molar refractivity (Wildman–Crippen MR) is 103 cm³/mol. The molecule has 116 valence electrons. The summed E-state index contributed by atoms with van der Waals surface area (Å²) in [4.78, 5) is 0. The van der Waals surface area contributed by atoms with Crippen LogP contribution < -0.4 is 10.6 Å². The van der Waals surface area contributed by atoms with E-state index in [9.17, 15) is 0 Å². The number of nitrogens with zero attached hydrogens (tertiary/aromatic N) is 1. The second-order valence-electron chi connectivity index (χ2n) is 7.21. The highest BCUT2D eigenvalue weighted by Crippen LogP contribution is 2.25. The van der Waals surface area contributed by atoms with Gasteiger partial charge in [0.05, 0.1) is 0 Å². The quantitative estimate of drug-likeness (QED) is 0.771. The zero-order valence-corrected chi connectivity index (χ0v) is 15.9. The van der Waals surface area contributed by atoms with Gasteiger partial charge < -0.3 is 4.48 Å². The molecule has 0 saturated heterocycles. The smallest absolute Gasteiger partial charge is 0.339 e. The molecule has 0 heterocycles. The number of rotatable bonds is 4. The van der Waals surface area contributed by atoms with Crippen molar-refractivity contribution in [3.05, 3.63) is 60.7 Å². The fraction of sp³-hybridized carbons (Fsp3) is 0.333. The largest absolute Gasteiger partial charge is 0.358 e. The molecule has 2 aromatic carbocycles. The van der Waals surface area contributed by atoms with Crippen LogP contribution in [0.2, 0.25) is 13.1 Å². The molecule has 0 atom stereocenters. The number of benzene rings is 2. The van der Waals surface area contributed by atoms with Crippen molar-refractivity contribution in [3.8, 4) is 0 Å². The van der Waals surface area contributed by atoms with Gasteiger partial charge in [-0.15, -0.1) is 0 Å². The molecule has 0 N–H and O–H groups in total. The van der Waals surface area contributed by atoms with Crippen LogP contribution in [0.3, 0.4) is 0 Å². The van der Waals surface area contributed by atoms with Crippen LogP contribution in [0.4, 0.5) is 0 Å². The van der Waals surface area contributed by atoms with Gasteiger partial charge in [-0.3, -0.25) is 0 Å². The van der Waals surface area contributed by atoms with Crippen molar-refractivity contribution in [1.29, 1.82) is 0 Å². The maximum atomic E-state index is 6.95. The fourth-order valence-corrected chi connectivity index (χ4v) is 8.06. The molecule has 0 saturated carbocycles. The first-order valence-corrected chi connectivity index (χ1v) is 11.2. The van der Waals surface area contributed by atoms with Crippen molar-refractivity contribution < 1.29 is 0 Å². The first-order chi connectivity index (χ1) is 10.2. The summed E-state index contributed by atoms with van der Waals surface area (Å²) in [6, 6.07) is 21.2. The molecule has 0 amide bonds. The number of hydrogen-bond acceptors (Lipinski definition) is 1. The Morgan fingerprint density at radius 2 is 1.32 bits per heavy atom. The third-order valence-electron chi connectivity index (χ3n) is 4.11. The van der Waals surface area contributed by atoms with Gasteiger partial charge in [0.2, 0.25) is 0 Å². The third kappa shape index (κ3) is 3.65. The summed E-state index contributed by atoms with van der Waals surface area (Å²) in [6.07, 6.45) is -0.122. The van der Waals surface area contributed by atoms with Crippen LogP contribution in [0.25, 0.3) is 0 Å². The van der Waals surface area contributed by atoms with Crippen LogP contribution >= 0.6 is 11.5 Å². The van der Waals surface area contributed by atoms with Gasteiger partial charge in [-0.05, 0) is 37.0 Å². The Labute approximate surface area is 141 Å². The summed E-state index contributed by atoms with van der Waals surface area (Å²) >= 11 is 6.95. The first kappa shape index (κ1) is 17.3. The Morgan fingerprint density at radius 3 is 1.77 bits per heavy atom. The molecule has 4 heteroatoms. The Kier molecular flexibility index (Phi) is 5.21. The van der Waals surface area contributed by atoms with Crippen molar-refractivity contribution >= 4 is 36.6 Å². The second kappa shape index (κ2) is 6.61. The average Bonchev–Trinajstić information content (AvgIpc) is 2.47. The number of halogens is 1. The van der Waals surface area contributed by atoms with Crippen LogP contribution in [-0.2, 0) is 0 Å². The minimum absolute atomic E-state index is 0.00613. The molecule has 0 aromatic heterocycles. The van der Waals surface area contributed by atoms with Crippen LogP contribution in [0.15, 0.2) is 60.7 Å². The predicted octanol–water partition coefficient (Wildman–Crippen LogP) is 3.83. The maximum absolute atomic E-state index is 6.95. The van der Waals surface area contributed by atoms with E-state index in [1.165, 1.54) is 5.19 Å². The van der Waals surface area contributed by atoms with E-state index in [-0.39, 0.29) is 11.8 Å². The van der Waals surface area contributed by atoms with Gasteiger partial charge in [0.15, 0.2) is 0 Å². The normalized spacial score (nSPS) is 12.5.